The highest BCUT2D eigenvalue weighted by molar-refractivity contribution is 5.25. The predicted octanol–water partition coefficient (Wildman–Crippen LogP) is 1.51. The van der Waals surface area contributed by atoms with Gasteiger partial charge in [0.05, 0.1) is 5.69 Å². The van der Waals surface area contributed by atoms with Gasteiger partial charge in [-0.1, -0.05) is 6.92 Å². The number of aryl methyl sites for hydroxylation is 1. The van der Waals surface area contributed by atoms with Crippen LogP contribution in [0.25, 0.3) is 0 Å². The van der Waals surface area contributed by atoms with Crippen molar-refractivity contribution >= 4 is 0 Å². The van der Waals surface area contributed by atoms with Gasteiger partial charge in [0, 0.05) is 12.7 Å². The molecule has 72 valence electrons. The molecule has 3 heteroatoms. The zero-order valence-corrected chi connectivity index (χ0v) is 8.16. The summed E-state index contributed by atoms with van der Waals surface area (Å²) < 4.78 is 5.66. The summed E-state index contributed by atoms with van der Waals surface area (Å²) in [5, 5.41) is 0. The van der Waals surface area contributed by atoms with Gasteiger partial charge in [0.15, 0.2) is 0 Å². The molecule has 1 aromatic rings. The first-order valence-corrected chi connectivity index (χ1v) is 4.56. The summed E-state index contributed by atoms with van der Waals surface area (Å²) in [7, 11) is 0. The van der Waals surface area contributed by atoms with Gasteiger partial charge in [0.2, 0.25) is 0 Å². The predicted molar refractivity (Wildman–Crippen MR) is 52.7 cm³/mol. The fraction of sp³-hybridized carbons (Fsp3) is 0.500. The summed E-state index contributed by atoms with van der Waals surface area (Å²) in [6, 6.07) is 3.78. The SMILES string of the molecule is CCC(CN)Oc1cccnc1C. The third-order valence-electron chi connectivity index (χ3n) is 1.97. The van der Waals surface area contributed by atoms with Crippen LogP contribution in [-0.4, -0.2) is 17.6 Å². The van der Waals surface area contributed by atoms with E-state index < -0.39 is 0 Å². The van der Waals surface area contributed by atoms with Crippen molar-refractivity contribution in [2.75, 3.05) is 6.54 Å². The van der Waals surface area contributed by atoms with Crippen molar-refractivity contribution in [1.82, 2.24) is 4.98 Å². The van der Waals surface area contributed by atoms with E-state index in [1.54, 1.807) is 6.20 Å². The van der Waals surface area contributed by atoms with Crippen LogP contribution in [0.3, 0.4) is 0 Å². The van der Waals surface area contributed by atoms with Crippen molar-refractivity contribution in [3.05, 3.63) is 24.0 Å². The lowest BCUT2D eigenvalue weighted by Gasteiger charge is -2.16. The first-order valence-electron chi connectivity index (χ1n) is 4.56. The number of ether oxygens (including phenoxy) is 1. The van der Waals surface area contributed by atoms with Crippen molar-refractivity contribution in [3.8, 4) is 5.75 Å². The minimum absolute atomic E-state index is 0.0999. The molecular formula is C10H16N2O. The average Bonchev–Trinajstić information content (AvgIpc) is 2.17. The van der Waals surface area contributed by atoms with E-state index in [0.717, 1.165) is 17.9 Å². The Balaban J connectivity index is 2.67. The minimum atomic E-state index is 0.0999. The molecule has 0 saturated heterocycles. The van der Waals surface area contributed by atoms with E-state index in [4.69, 9.17) is 10.5 Å². The van der Waals surface area contributed by atoms with Crippen LogP contribution in [0.2, 0.25) is 0 Å². The monoisotopic (exact) mass is 180 g/mol. The maximum Gasteiger partial charge on any atom is 0.140 e. The quantitative estimate of drug-likeness (QED) is 0.764. The van der Waals surface area contributed by atoms with Crippen molar-refractivity contribution in [2.24, 2.45) is 5.73 Å². The van der Waals surface area contributed by atoms with Crippen LogP contribution in [0, 0.1) is 6.92 Å². The molecule has 0 bridgehead atoms. The standard InChI is InChI=1S/C10H16N2O/c1-3-9(7-11)13-10-5-4-6-12-8(10)2/h4-6,9H,3,7,11H2,1-2H3. The highest BCUT2D eigenvalue weighted by atomic mass is 16.5. The molecule has 2 N–H and O–H groups in total. The molecule has 3 nitrogen and oxygen atoms in total. The van der Waals surface area contributed by atoms with Crippen LogP contribution in [0.15, 0.2) is 18.3 Å². The Hall–Kier alpha value is -1.09. The van der Waals surface area contributed by atoms with Gasteiger partial charge in [-0.3, -0.25) is 4.98 Å². The van der Waals surface area contributed by atoms with E-state index in [9.17, 15) is 0 Å². The number of pyridine rings is 1. The van der Waals surface area contributed by atoms with Crippen molar-refractivity contribution < 1.29 is 4.74 Å². The molecule has 0 amide bonds. The Morgan fingerprint density at radius 1 is 1.62 bits per heavy atom. The van der Waals surface area contributed by atoms with Gasteiger partial charge < -0.3 is 10.5 Å². The zero-order chi connectivity index (χ0) is 9.68. The molecule has 1 atom stereocenters. The first kappa shape index (κ1) is 9.99. The van der Waals surface area contributed by atoms with E-state index in [2.05, 4.69) is 11.9 Å². The van der Waals surface area contributed by atoms with Crippen LogP contribution >= 0.6 is 0 Å². The third-order valence-corrected chi connectivity index (χ3v) is 1.97. The van der Waals surface area contributed by atoms with E-state index in [1.807, 2.05) is 19.1 Å². The molecule has 0 saturated carbocycles. The molecular weight excluding hydrogens is 164 g/mol. The number of hydrogen-bond donors (Lipinski definition) is 1. The number of nitrogens with zero attached hydrogens (tertiary/aromatic N) is 1. The molecule has 1 unspecified atom stereocenters. The third kappa shape index (κ3) is 2.70. The second-order valence-corrected chi connectivity index (χ2v) is 2.97. The number of hydrogen-bond acceptors (Lipinski definition) is 3. The summed E-state index contributed by atoms with van der Waals surface area (Å²) >= 11 is 0. The number of nitrogens with two attached hydrogens (primary N) is 1. The second kappa shape index (κ2) is 4.82. The summed E-state index contributed by atoms with van der Waals surface area (Å²) in [6.45, 7) is 4.53. The van der Waals surface area contributed by atoms with Gasteiger partial charge in [-0.25, -0.2) is 0 Å². The van der Waals surface area contributed by atoms with Gasteiger partial charge in [-0.05, 0) is 25.5 Å². The lowest BCUT2D eigenvalue weighted by atomic mass is 10.2. The topological polar surface area (TPSA) is 48.1 Å². The van der Waals surface area contributed by atoms with Crippen LogP contribution in [0.4, 0.5) is 0 Å². The summed E-state index contributed by atoms with van der Waals surface area (Å²) in [5.41, 5.74) is 6.45. The van der Waals surface area contributed by atoms with Crippen LogP contribution in [0.5, 0.6) is 5.75 Å². The molecule has 1 rings (SSSR count). The summed E-state index contributed by atoms with van der Waals surface area (Å²) in [6.07, 6.45) is 2.78. The Morgan fingerprint density at radius 3 is 2.92 bits per heavy atom. The average molecular weight is 180 g/mol. The molecule has 0 aliphatic heterocycles. The molecule has 0 aliphatic rings. The smallest absolute Gasteiger partial charge is 0.140 e. The maximum absolute atomic E-state index is 5.66. The molecule has 0 spiro atoms. The van der Waals surface area contributed by atoms with E-state index in [-0.39, 0.29) is 6.10 Å². The lowest BCUT2D eigenvalue weighted by Crippen LogP contribution is -2.26. The van der Waals surface area contributed by atoms with Crippen molar-refractivity contribution in [2.45, 2.75) is 26.4 Å². The summed E-state index contributed by atoms with van der Waals surface area (Å²) in [5.74, 6) is 0.833. The van der Waals surface area contributed by atoms with Crippen molar-refractivity contribution in [1.29, 1.82) is 0 Å². The molecule has 1 aromatic heterocycles. The van der Waals surface area contributed by atoms with E-state index in [1.165, 1.54) is 0 Å². The molecule has 1 heterocycles. The zero-order valence-electron chi connectivity index (χ0n) is 8.16. The highest BCUT2D eigenvalue weighted by Crippen LogP contribution is 2.15. The van der Waals surface area contributed by atoms with Crippen LogP contribution in [-0.2, 0) is 0 Å². The van der Waals surface area contributed by atoms with Crippen molar-refractivity contribution in [3.63, 3.8) is 0 Å². The van der Waals surface area contributed by atoms with Gasteiger partial charge in [0.1, 0.15) is 11.9 Å². The fourth-order valence-corrected chi connectivity index (χ4v) is 1.07. The molecule has 0 fully saturated rings. The van der Waals surface area contributed by atoms with E-state index >= 15 is 0 Å². The largest absolute Gasteiger partial charge is 0.487 e. The lowest BCUT2D eigenvalue weighted by molar-refractivity contribution is 0.203. The molecule has 0 aliphatic carbocycles. The molecule has 0 aromatic carbocycles. The van der Waals surface area contributed by atoms with Gasteiger partial charge in [-0.15, -0.1) is 0 Å². The number of rotatable bonds is 4. The minimum Gasteiger partial charge on any atom is -0.487 e. The fourth-order valence-electron chi connectivity index (χ4n) is 1.07. The van der Waals surface area contributed by atoms with Gasteiger partial charge in [-0.2, -0.15) is 0 Å². The highest BCUT2D eigenvalue weighted by Gasteiger charge is 2.06. The molecule has 0 radical (unpaired) electrons. The second-order valence-electron chi connectivity index (χ2n) is 2.97. The molecule has 13 heavy (non-hydrogen) atoms. The normalized spacial score (nSPS) is 12.5. The van der Waals surface area contributed by atoms with Crippen LogP contribution < -0.4 is 10.5 Å². The Morgan fingerprint density at radius 2 is 2.38 bits per heavy atom. The van der Waals surface area contributed by atoms with Crippen LogP contribution in [0.1, 0.15) is 19.0 Å². The van der Waals surface area contributed by atoms with Gasteiger partial charge in [0.25, 0.3) is 0 Å². The van der Waals surface area contributed by atoms with E-state index in [0.29, 0.717) is 6.54 Å². The Labute approximate surface area is 78.9 Å². The summed E-state index contributed by atoms with van der Waals surface area (Å²) in [4.78, 5) is 4.13. The maximum atomic E-state index is 5.66. The first-order chi connectivity index (χ1) is 6.27. The van der Waals surface area contributed by atoms with Gasteiger partial charge >= 0.3 is 0 Å². The Bertz CT molecular complexity index is 259. The number of aromatic nitrogens is 1. The Kier molecular flexibility index (Phi) is 3.71.